The Morgan fingerprint density at radius 1 is 0.878 bits per heavy atom. The van der Waals surface area contributed by atoms with Gasteiger partial charge in [0.2, 0.25) is 15.8 Å². The summed E-state index contributed by atoms with van der Waals surface area (Å²) in [6, 6.07) is 19.3. The lowest BCUT2D eigenvalue weighted by molar-refractivity contribution is -0.153. The van der Waals surface area contributed by atoms with Gasteiger partial charge in [-0.15, -0.1) is 0 Å². The van der Waals surface area contributed by atoms with E-state index >= 15 is 0 Å². The summed E-state index contributed by atoms with van der Waals surface area (Å²) < 4.78 is 78.5. The fourth-order valence-corrected chi connectivity index (χ4v) is 6.42. The van der Waals surface area contributed by atoms with E-state index in [0.29, 0.717) is 22.4 Å². The third-order valence-electron chi connectivity index (χ3n) is 6.34. The predicted molar refractivity (Wildman–Crippen MR) is 146 cm³/mol. The molecule has 0 atom stereocenters. The molecule has 0 aliphatic heterocycles. The zero-order valence-corrected chi connectivity index (χ0v) is 23.3. The van der Waals surface area contributed by atoms with Crippen LogP contribution < -0.4 is 4.74 Å². The van der Waals surface area contributed by atoms with Gasteiger partial charge in [0.05, 0.1) is 11.4 Å². The normalized spacial score (nSPS) is 12.1. The highest BCUT2D eigenvalue weighted by Gasteiger charge is 2.36. The maximum Gasteiger partial charge on any atom is 0.449 e. The number of alkyl halides is 3. The Morgan fingerprint density at radius 2 is 1.44 bits per heavy atom. The molecule has 0 aliphatic rings. The van der Waals surface area contributed by atoms with Crippen LogP contribution in [0.5, 0.6) is 5.75 Å². The van der Waals surface area contributed by atoms with Gasteiger partial charge >= 0.3 is 12.1 Å². The average Bonchev–Trinajstić information content (AvgIpc) is 3.36. The first-order valence-electron chi connectivity index (χ1n) is 12.5. The van der Waals surface area contributed by atoms with E-state index in [1.807, 2.05) is 6.92 Å². The Bertz CT molecular complexity index is 1620. The van der Waals surface area contributed by atoms with Gasteiger partial charge in [-0.2, -0.15) is 17.5 Å². The molecule has 0 aliphatic carbocycles. The van der Waals surface area contributed by atoms with Crippen LogP contribution in [-0.2, 0) is 34.1 Å². The molecule has 4 rings (SSSR count). The minimum Gasteiger partial charge on any atom is -0.482 e. The largest absolute Gasteiger partial charge is 0.482 e. The first kappa shape index (κ1) is 29.9. The molecule has 41 heavy (non-hydrogen) atoms. The molecule has 216 valence electrons. The van der Waals surface area contributed by atoms with Crippen molar-refractivity contribution < 1.29 is 40.6 Å². The van der Waals surface area contributed by atoms with E-state index in [-0.39, 0.29) is 17.2 Å². The van der Waals surface area contributed by atoms with Crippen LogP contribution in [0.2, 0.25) is 0 Å². The molecular weight excluding hydrogens is 559 g/mol. The minimum atomic E-state index is -4.69. The zero-order chi connectivity index (χ0) is 29.9. The zero-order valence-electron chi connectivity index (χ0n) is 22.5. The van der Waals surface area contributed by atoms with Crippen molar-refractivity contribution in [1.82, 2.24) is 4.31 Å². The van der Waals surface area contributed by atoms with Gasteiger partial charge < -0.3 is 14.3 Å². The van der Waals surface area contributed by atoms with E-state index < -0.39 is 41.1 Å². The first-order chi connectivity index (χ1) is 19.2. The summed E-state index contributed by atoms with van der Waals surface area (Å²) in [6.07, 6.45) is -4.69. The van der Waals surface area contributed by atoms with E-state index in [1.165, 1.54) is 0 Å². The van der Waals surface area contributed by atoms with Crippen molar-refractivity contribution in [2.45, 2.75) is 44.9 Å². The van der Waals surface area contributed by atoms with Gasteiger partial charge in [0, 0.05) is 6.54 Å². The lowest BCUT2D eigenvalue weighted by Crippen LogP contribution is -2.31. The number of hydrogen-bond acceptors (Lipinski definition) is 5. The smallest absolute Gasteiger partial charge is 0.449 e. The van der Waals surface area contributed by atoms with Crippen molar-refractivity contribution >= 4 is 16.0 Å². The lowest BCUT2D eigenvalue weighted by atomic mass is 10.0. The number of rotatable bonds is 10. The van der Waals surface area contributed by atoms with Crippen molar-refractivity contribution in [3.05, 3.63) is 107 Å². The van der Waals surface area contributed by atoms with Gasteiger partial charge in [-0.25, -0.2) is 13.2 Å². The molecule has 1 N–H and O–H groups in total. The van der Waals surface area contributed by atoms with E-state index in [4.69, 9.17) is 14.3 Å². The number of benzene rings is 3. The maximum atomic E-state index is 13.9. The quantitative estimate of drug-likeness (QED) is 0.221. The number of aryl methyl sites for hydroxylation is 3. The molecule has 4 aromatic rings. The number of hydrogen-bond donors (Lipinski definition) is 1. The summed E-state index contributed by atoms with van der Waals surface area (Å²) in [5.41, 5.74) is 4.22. The molecular formula is C30H28F3NO6S. The van der Waals surface area contributed by atoms with Crippen LogP contribution in [-0.4, -0.2) is 30.4 Å². The minimum absolute atomic E-state index is 0.104. The van der Waals surface area contributed by atoms with Crippen LogP contribution in [0, 0.1) is 20.8 Å². The number of furan rings is 1. The van der Waals surface area contributed by atoms with Gasteiger partial charge in [-0.05, 0) is 72.9 Å². The molecule has 3 aromatic carbocycles. The summed E-state index contributed by atoms with van der Waals surface area (Å²) in [6.45, 7) is 4.27. The molecule has 0 saturated heterocycles. The van der Waals surface area contributed by atoms with E-state index in [1.54, 1.807) is 74.5 Å². The van der Waals surface area contributed by atoms with E-state index in [2.05, 4.69) is 0 Å². The van der Waals surface area contributed by atoms with Crippen molar-refractivity contribution in [3.8, 4) is 16.9 Å². The molecule has 0 saturated carbocycles. The van der Waals surface area contributed by atoms with Gasteiger partial charge in [-0.3, -0.25) is 0 Å². The predicted octanol–water partition coefficient (Wildman–Crippen LogP) is 6.75. The fraction of sp³-hybridized carbons (Fsp3) is 0.233. The van der Waals surface area contributed by atoms with Gasteiger partial charge in [-0.1, -0.05) is 54.1 Å². The monoisotopic (exact) mass is 587 g/mol. The first-order valence-corrected chi connectivity index (χ1v) is 14.0. The number of carboxylic acid groups (broad SMARTS) is 1. The number of halogens is 3. The van der Waals surface area contributed by atoms with Crippen molar-refractivity contribution in [3.63, 3.8) is 0 Å². The molecule has 0 radical (unpaired) electrons. The van der Waals surface area contributed by atoms with Gasteiger partial charge in [0.1, 0.15) is 11.5 Å². The van der Waals surface area contributed by atoms with Crippen LogP contribution in [0.15, 0.2) is 82.1 Å². The highest BCUT2D eigenvalue weighted by atomic mass is 32.2. The summed E-state index contributed by atoms with van der Waals surface area (Å²) >= 11 is 0. The topological polar surface area (TPSA) is 97.0 Å². The SMILES string of the molecule is Cc1cc(C)c(S(=O)(=O)N(Cc2ccc(-c3ccc(OCC(=O)O)cc3)cc2)Cc2ccc(C(F)(F)F)o2)c(C)c1. The molecule has 1 heterocycles. The number of carbonyl (C=O) groups is 1. The Hall–Kier alpha value is -4.09. The molecule has 11 heteroatoms. The summed E-state index contributed by atoms with van der Waals surface area (Å²) in [7, 11) is -4.14. The van der Waals surface area contributed by atoms with Crippen molar-refractivity contribution in [2.24, 2.45) is 0 Å². The number of carboxylic acids is 1. The summed E-state index contributed by atoms with van der Waals surface area (Å²) in [5.74, 6) is -2.01. The second-order valence-corrected chi connectivity index (χ2v) is 11.5. The number of sulfonamides is 1. The fourth-order valence-electron chi connectivity index (χ4n) is 4.61. The van der Waals surface area contributed by atoms with Crippen LogP contribution in [0.1, 0.15) is 33.8 Å². The number of ether oxygens (including phenoxy) is 1. The van der Waals surface area contributed by atoms with Gasteiger partial charge in [0.25, 0.3) is 0 Å². The molecule has 0 fully saturated rings. The molecule has 0 bridgehead atoms. The lowest BCUT2D eigenvalue weighted by Gasteiger charge is -2.24. The second kappa shape index (κ2) is 11.8. The average molecular weight is 588 g/mol. The van der Waals surface area contributed by atoms with Crippen molar-refractivity contribution in [1.29, 1.82) is 0 Å². The highest BCUT2D eigenvalue weighted by molar-refractivity contribution is 7.89. The molecule has 1 aromatic heterocycles. The third-order valence-corrected chi connectivity index (χ3v) is 8.44. The Labute approximate surface area is 235 Å². The van der Waals surface area contributed by atoms with Crippen LogP contribution in [0.4, 0.5) is 13.2 Å². The second-order valence-electron chi connectivity index (χ2n) is 9.67. The van der Waals surface area contributed by atoms with Crippen LogP contribution >= 0.6 is 0 Å². The third kappa shape index (κ3) is 7.17. The Balaban J connectivity index is 1.63. The van der Waals surface area contributed by atoms with Crippen molar-refractivity contribution in [2.75, 3.05) is 6.61 Å². The molecule has 0 spiro atoms. The number of nitrogens with zero attached hydrogens (tertiary/aromatic N) is 1. The van der Waals surface area contributed by atoms with E-state index in [0.717, 1.165) is 33.1 Å². The summed E-state index contributed by atoms with van der Waals surface area (Å²) in [5, 5.41) is 8.75. The molecule has 7 nitrogen and oxygen atoms in total. The van der Waals surface area contributed by atoms with E-state index in [9.17, 15) is 26.4 Å². The van der Waals surface area contributed by atoms with Crippen LogP contribution in [0.3, 0.4) is 0 Å². The summed E-state index contributed by atoms with van der Waals surface area (Å²) in [4.78, 5) is 10.8. The number of aliphatic carboxylic acids is 1. The van der Waals surface area contributed by atoms with Crippen LogP contribution in [0.25, 0.3) is 11.1 Å². The maximum absolute atomic E-state index is 13.9. The Morgan fingerprint density at radius 3 is 1.95 bits per heavy atom. The molecule has 0 unspecified atom stereocenters. The molecule has 0 amide bonds. The standard InChI is InChI=1S/C30H28F3NO6S/c1-19-14-20(2)29(21(3)15-19)41(37,38)34(17-26-12-13-27(40-26)30(31,32)33)16-22-4-6-23(7-5-22)24-8-10-25(11-9-24)39-18-28(35)36/h4-15H,16-18H2,1-3H3,(H,35,36). The Kier molecular flexibility index (Phi) is 8.60. The van der Waals surface area contributed by atoms with Gasteiger partial charge in [0.15, 0.2) is 6.61 Å². The highest BCUT2D eigenvalue weighted by Crippen LogP contribution is 2.33.